The van der Waals surface area contributed by atoms with Crippen molar-refractivity contribution in [2.45, 2.75) is 0 Å². The van der Waals surface area contributed by atoms with Crippen molar-refractivity contribution >= 4 is 91.9 Å². The molecule has 0 fully saturated rings. The lowest BCUT2D eigenvalue weighted by Gasteiger charge is -2.28. The summed E-state index contributed by atoms with van der Waals surface area (Å²) in [5.41, 5.74) is 9.46. The molecule has 2 aromatic heterocycles. The molecule has 0 aliphatic rings. The molecule has 0 atom stereocenters. The van der Waals surface area contributed by atoms with Crippen LogP contribution in [0.25, 0.3) is 80.3 Å². The van der Waals surface area contributed by atoms with Crippen molar-refractivity contribution in [3.8, 4) is 16.8 Å². The van der Waals surface area contributed by atoms with Crippen LogP contribution < -0.4 is 4.90 Å². The minimum atomic E-state index is 1.12. The first-order valence-corrected chi connectivity index (χ1v) is 18.9. The fourth-order valence-corrected chi connectivity index (χ4v) is 9.63. The Kier molecular flexibility index (Phi) is 6.76. The van der Waals surface area contributed by atoms with Gasteiger partial charge >= 0.3 is 0 Å². The molecule has 0 unspecified atom stereocenters. The van der Waals surface area contributed by atoms with Crippen molar-refractivity contribution in [1.29, 1.82) is 0 Å². The zero-order valence-corrected chi connectivity index (χ0v) is 29.6. The van der Waals surface area contributed by atoms with E-state index in [1.807, 2.05) is 11.3 Å². The number of hydrogen-bond acceptors (Lipinski definition) is 2. The number of anilines is 3. The Hall–Kier alpha value is -6.68. The molecule has 11 rings (SSSR count). The van der Waals surface area contributed by atoms with E-state index in [0.29, 0.717) is 0 Å². The highest BCUT2D eigenvalue weighted by Gasteiger charge is 2.22. The van der Waals surface area contributed by atoms with Crippen LogP contribution in [0, 0.1) is 0 Å². The fourth-order valence-electron chi connectivity index (χ4n) is 8.42. The van der Waals surface area contributed by atoms with E-state index in [4.69, 9.17) is 0 Å². The lowest BCUT2D eigenvalue weighted by molar-refractivity contribution is 1.18. The average Bonchev–Trinajstić information content (AvgIpc) is 3.78. The number of thiophene rings is 1. The van der Waals surface area contributed by atoms with Crippen LogP contribution in [0.4, 0.5) is 17.1 Å². The Morgan fingerprint density at radius 2 is 1.06 bits per heavy atom. The monoisotopic (exact) mass is 692 g/mol. The third-order valence-corrected chi connectivity index (χ3v) is 12.0. The molecular formula is C50H32N2S. The summed E-state index contributed by atoms with van der Waals surface area (Å²) in [4.78, 5) is 2.48. The second kappa shape index (κ2) is 11.9. The summed E-state index contributed by atoms with van der Waals surface area (Å²) >= 11 is 1.87. The van der Waals surface area contributed by atoms with Crippen molar-refractivity contribution in [2.24, 2.45) is 0 Å². The third kappa shape index (κ3) is 4.64. The minimum absolute atomic E-state index is 1.12. The summed E-state index contributed by atoms with van der Waals surface area (Å²) in [5.74, 6) is 0. The van der Waals surface area contributed by atoms with E-state index < -0.39 is 0 Å². The van der Waals surface area contributed by atoms with Gasteiger partial charge in [-0.2, -0.15) is 0 Å². The van der Waals surface area contributed by atoms with Crippen LogP contribution in [0.3, 0.4) is 0 Å². The predicted molar refractivity (Wildman–Crippen MR) is 229 cm³/mol. The van der Waals surface area contributed by atoms with Crippen LogP contribution in [-0.4, -0.2) is 4.57 Å². The molecule has 0 saturated carbocycles. The molecule has 0 aliphatic carbocycles. The van der Waals surface area contributed by atoms with Gasteiger partial charge in [0.2, 0.25) is 0 Å². The SMILES string of the molecule is c1ccc(-n2c3ccccc3c3cccc(-c4ccc(N(c5cc6ccccc6c6ccccc56)c5cccc6c5sc5ccccc56)cc4)c32)cc1. The minimum Gasteiger partial charge on any atom is -0.309 e. The summed E-state index contributed by atoms with van der Waals surface area (Å²) in [5, 5.41) is 10.1. The van der Waals surface area contributed by atoms with Crippen molar-refractivity contribution in [3.63, 3.8) is 0 Å². The standard InChI is InChI=1S/C50H32N2S/c1-2-15-35(16-3-1)52-45-25-10-8-20-41(45)43-23-12-22-38(49(43)52)33-28-30-36(31-29-33)51(46-26-13-24-44-42-21-9-11-27-48(42)53-50(44)46)47-32-34-14-4-5-17-37(34)39-18-6-7-19-40(39)47/h1-32H. The van der Waals surface area contributed by atoms with E-state index in [0.717, 1.165) is 11.4 Å². The Bertz CT molecular complexity index is 3170. The maximum absolute atomic E-state index is 2.48. The van der Waals surface area contributed by atoms with Gasteiger partial charge in [-0.3, -0.25) is 0 Å². The van der Waals surface area contributed by atoms with Gasteiger partial charge in [0.1, 0.15) is 0 Å². The van der Waals surface area contributed by atoms with E-state index >= 15 is 0 Å². The molecule has 0 bridgehead atoms. The summed E-state index contributed by atoms with van der Waals surface area (Å²) < 4.78 is 5.01. The lowest BCUT2D eigenvalue weighted by Crippen LogP contribution is -2.11. The number of para-hydroxylation sites is 3. The van der Waals surface area contributed by atoms with Crippen LogP contribution in [0.2, 0.25) is 0 Å². The Morgan fingerprint density at radius 1 is 0.415 bits per heavy atom. The second-order valence-corrected chi connectivity index (χ2v) is 14.7. The van der Waals surface area contributed by atoms with Crippen molar-refractivity contribution in [3.05, 3.63) is 194 Å². The molecule has 248 valence electrons. The first kappa shape index (κ1) is 30.0. The lowest BCUT2D eigenvalue weighted by atomic mass is 9.98. The van der Waals surface area contributed by atoms with Gasteiger partial charge in [-0.05, 0) is 70.3 Å². The maximum atomic E-state index is 2.48. The topological polar surface area (TPSA) is 8.17 Å². The van der Waals surface area contributed by atoms with Crippen molar-refractivity contribution < 1.29 is 0 Å². The van der Waals surface area contributed by atoms with Gasteiger partial charge in [0.15, 0.2) is 0 Å². The van der Waals surface area contributed by atoms with Crippen molar-refractivity contribution in [1.82, 2.24) is 4.57 Å². The maximum Gasteiger partial charge on any atom is 0.0640 e. The number of nitrogens with zero attached hydrogens (tertiary/aromatic N) is 2. The molecule has 0 spiro atoms. The molecule has 0 N–H and O–H groups in total. The van der Waals surface area contributed by atoms with E-state index in [2.05, 4.69) is 204 Å². The van der Waals surface area contributed by atoms with Crippen molar-refractivity contribution in [2.75, 3.05) is 4.90 Å². The number of fused-ring (bicyclic) bond motifs is 9. The molecule has 0 aliphatic heterocycles. The summed E-state index contributed by atoms with van der Waals surface area (Å²) in [6, 6.07) is 70.9. The van der Waals surface area contributed by atoms with E-state index in [-0.39, 0.29) is 0 Å². The van der Waals surface area contributed by atoms with Gasteiger partial charge < -0.3 is 9.47 Å². The zero-order chi connectivity index (χ0) is 34.9. The molecule has 0 saturated heterocycles. The summed E-state index contributed by atoms with van der Waals surface area (Å²) in [6.07, 6.45) is 0. The van der Waals surface area contributed by atoms with E-state index in [1.165, 1.54) is 86.0 Å². The Balaban J connectivity index is 1.16. The van der Waals surface area contributed by atoms with Crippen LogP contribution in [-0.2, 0) is 0 Å². The van der Waals surface area contributed by atoms with Gasteiger partial charge in [0.25, 0.3) is 0 Å². The van der Waals surface area contributed by atoms with E-state index in [9.17, 15) is 0 Å². The Labute approximate surface area is 311 Å². The second-order valence-electron chi connectivity index (χ2n) is 13.7. The first-order chi connectivity index (χ1) is 26.3. The molecule has 3 heteroatoms. The summed E-state index contributed by atoms with van der Waals surface area (Å²) in [7, 11) is 0. The average molecular weight is 693 g/mol. The third-order valence-electron chi connectivity index (χ3n) is 10.8. The molecule has 0 radical (unpaired) electrons. The van der Waals surface area contributed by atoms with Crippen LogP contribution >= 0.6 is 11.3 Å². The number of hydrogen-bond donors (Lipinski definition) is 0. The van der Waals surface area contributed by atoms with Gasteiger partial charge in [-0.25, -0.2) is 0 Å². The molecule has 2 nitrogen and oxygen atoms in total. The predicted octanol–water partition coefficient (Wildman–Crippen LogP) is 14.6. The van der Waals surface area contributed by atoms with Crippen LogP contribution in [0.5, 0.6) is 0 Å². The van der Waals surface area contributed by atoms with Gasteiger partial charge in [-0.1, -0.05) is 146 Å². The number of rotatable bonds is 5. The molecule has 9 aromatic carbocycles. The molecule has 2 heterocycles. The van der Waals surface area contributed by atoms with Gasteiger partial charge in [0.05, 0.1) is 27.1 Å². The number of aromatic nitrogens is 1. The van der Waals surface area contributed by atoms with Crippen LogP contribution in [0.1, 0.15) is 0 Å². The number of benzene rings is 9. The highest BCUT2D eigenvalue weighted by molar-refractivity contribution is 7.26. The molecule has 11 aromatic rings. The molecule has 0 amide bonds. The highest BCUT2D eigenvalue weighted by Crippen LogP contribution is 2.48. The smallest absolute Gasteiger partial charge is 0.0640 e. The normalized spacial score (nSPS) is 11.8. The van der Waals surface area contributed by atoms with Gasteiger partial charge in [0, 0.05) is 48.6 Å². The zero-order valence-electron chi connectivity index (χ0n) is 28.8. The highest BCUT2D eigenvalue weighted by atomic mass is 32.1. The summed E-state index contributed by atoms with van der Waals surface area (Å²) in [6.45, 7) is 0. The largest absolute Gasteiger partial charge is 0.309 e. The van der Waals surface area contributed by atoms with Gasteiger partial charge in [-0.15, -0.1) is 11.3 Å². The molecular weight excluding hydrogens is 661 g/mol. The first-order valence-electron chi connectivity index (χ1n) is 18.1. The fraction of sp³-hybridized carbons (Fsp3) is 0. The Morgan fingerprint density at radius 3 is 1.91 bits per heavy atom. The van der Waals surface area contributed by atoms with Crippen LogP contribution in [0.15, 0.2) is 194 Å². The quantitative estimate of drug-likeness (QED) is 0.163. The molecule has 53 heavy (non-hydrogen) atoms. The van der Waals surface area contributed by atoms with E-state index in [1.54, 1.807) is 0 Å².